The van der Waals surface area contributed by atoms with Gasteiger partial charge in [0, 0.05) is 24.2 Å². The first-order valence-corrected chi connectivity index (χ1v) is 7.82. The number of hydrogen-bond donors (Lipinski definition) is 2. The standard InChI is InChI=1S/C16H18N4S/c17-14(8-10-18-11-12-5-3-4-9-19-12)16-13-6-1-2-7-15(13)21-20-16/h1-7,9,14,18H,8,10-11,17H2. The van der Waals surface area contributed by atoms with Gasteiger partial charge in [-0.2, -0.15) is 4.37 Å². The molecule has 0 spiro atoms. The van der Waals surface area contributed by atoms with Crippen LogP contribution in [-0.4, -0.2) is 15.9 Å². The lowest BCUT2D eigenvalue weighted by Crippen LogP contribution is -2.21. The van der Waals surface area contributed by atoms with Gasteiger partial charge in [0.05, 0.1) is 16.1 Å². The molecule has 0 bridgehead atoms. The Balaban J connectivity index is 1.53. The zero-order valence-corrected chi connectivity index (χ0v) is 12.5. The first kappa shape index (κ1) is 14.1. The molecule has 3 aromatic rings. The Kier molecular flexibility index (Phi) is 4.55. The summed E-state index contributed by atoms with van der Waals surface area (Å²) in [6.45, 7) is 1.62. The van der Waals surface area contributed by atoms with Crippen molar-refractivity contribution in [2.24, 2.45) is 5.73 Å². The Morgan fingerprint density at radius 3 is 2.86 bits per heavy atom. The number of aromatic nitrogens is 2. The molecule has 0 aliphatic rings. The van der Waals surface area contributed by atoms with Gasteiger partial charge in [0.1, 0.15) is 0 Å². The van der Waals surface area contributed by atoms with Crippen LogP contribution in [0.3, 0.4) is 0 Å². The summed E-state index contributed by atoms with van der Waals surface area (Å²) in [7, 11) is 0. The minimum Gasteiger partial charge on any atom is -0.323 e. The lowest BCUT2D eigenvalue weighted by Gasteiger charge is -2.10. The smallest absolute Gasteiger partial charge is 0.0788 e. The summed E-state index contributed by atoms with van der Waals surface area (Å²) in [6, 6.07) is 14.1. The van der Waals surface area contributed by atoms with E-state index in [1.165, 1.54) is 21.6 Å². The van der Waals surface area contributed by atoms with Crippen molar-refractivity contribution in [3.8, 4) is 0 Å². The van der Waals surface area contributed by atoms with E-state index >= 15 is 0 Å². The van der Waals surface area contributed by atoms with Crippen LogP contribution in [0.25, 0.3) is 10.1 Å². The van der Waals surface area contributed by atoms with Crippen LogP contribution in [0.1, 0.15) is 23.9 Å². The lowest BCUT2D eigenvalue weighted by atomic mass is 10.1. The van der Waals surface area contributed by atoms with E-state index in [1.54, 1.807) is 0 Å². The molecule has 21 heavy (non-hydrogen) atoms. The average molecular weight is 298 g/mol. The molecule has 0 saturated carbocycles. The van der Waals surface area contributed by atoms with E-state index in [2.05, 4.69) is 26.8 Å². The molecule has 3 rings (SSSR count). The first-order valence-electron chi connectivity index (χ1n) is 7.05. The Bertz CT molecular complexity index is 696. The van der Waals surface area contributed by atoms with E-state index in [1.807, 2.05) is 36.5 Å². The number of fused-ring (bicyclic) bond motifs is 1. The van der Waals surface area contributed by atoms with Crippen LogP contribution in [-0.2, 0) is 6.54 Å². The van der Waals surface area contributed by atoms with Crippen molar-refractivity contribution < 1.29 is 0 Å². The van der Waals surface area contributed by atoms with Crippen molar-refractivity contribution in [1.82, 2.24) is 14.7 Å². The predicted molar refractivity (Wildman–Crippen MR) is 87.1 cm³/mol. The number of rotatable bonds is 6. The maximum Gasteiger partial charge on any atom is 0.0788 e. The molecule has 1 aromatic carbocycles. The Hall–Kier alpha value is -1.82. The minimum absolute atomic E-state index is 0.0302. The van der Waals surface area contributed by atoms with Gasteiger partial charge in [0.2, 0.25) is 0 Å². The lowest BCUT2D eigenvalue weighted by molar-refractivity contribution is 0.572. The van der Waals surface area contributed by atoms with E-state index in [0.29, 0.717) is 0 Å². The second kappa shape index (κ2) is 6.76. The largest absolute Gasteiger partial charge is 0.323 e. The normalized spacial score (nSPS) is 12.6. The molecule has 1 unspecified atom stereocenters. The molecule has 108 valence electrons. The molecule has 2 aromatic heterocycles. The van der Waals surface area contributed by atoms with Crippen LogP contribution in [0.2, 0.25) is 0 Å². The molecule has 0 radical (unpaired) electrons. The number of nitrogens with two attached hydrogens (primary N) is 1. The van der Waals surface area contributed by atoms with Crippen molar-refractivity contribution in [3.63, 3.8) is 0 Å². The minimum atomic E-state index is -0.0302. The van der Waals surface area contributed by atoms with E-state index in [4.69, 9.17) is 5.73 Å². The van der Waals surface area contributed by atoms with Crippen LogP contribution in [0, 0.1) is 0 Å². The zero-order chi connectivity index (χ0) is 14.5. The summed E-state index contributed by atoms with van der Waals surface area (Å²) in [5, 5.41) is 4.56. The second-order valence-corrected chi connectivity index (χ2v) is 5.76. The highest BCUT2D eigenvalue weighted by molar-refractivity contribution is 7.13. The zero-order valence-electron chi connectivity index (χ0n) is 11.7. The monoisotopic (exact) mass is 298 g/mol. The number of nitrogens with one attached hydrogen (secondary N) is 1. The van der Waals surface area contributed by atoms with Crippen molar-refractivity contribution in [2.45, 2.75) is 19.0 Å². The van der Waals surface area contributed by atoms with Crippen molar-refractivity contribution >= 4 is 21.6 Å². The van der Waals surface area contributed by atoms with Gasteiger partial charge in [-0.05, 0) is 42.7 Å². The summed E-state index contributed by atoms with van der Waals surface area (Å²) in [6.07, 6.45) is 2.67. The first-order chi connectivity index (χ1) is 10.3. The summed E-state index contributed by atoms with van der Waals surface area (Å²) in [5.74, 6) is 0. The fourth-order valence-corrected chi connectivity index (χ4v) is 3.13. The summed E-state index contributed by atoms with van der Waals surface area (Å²) in [5.41, 5.74) is 8.33. The number of nitrogens with zero attached hydrogens (tertiary/aromatic N) is 2. The Labute approximate surface area is 128 Å². The number of benzene rings is 1. The molecule has 2 heterocycles. The van der Waals surface area contributed by atoms with Crippen molar-refractivity contribution in [1.29, 1.82) is 0 Å². The molecule has 1 atom stereocenters. The van der Waals surface area contributed by atoms with Gasteiger partial charge in [-0.15, -0.1) is 0 Å². The van der Waals surface area contributed by atoms with E-state index in [0.717, 1.165) is 30.9 Å². The van der Waals surface area contributed by atoms with Crippen molar-refractivity contribution in [3.05, 3.63) is 60.0 Å². The summed E-state index contributed by atoms with van der Waals surface area (Å²) in [4.78, 5) is 4.28. The molecular formula is C16H18N4S. The average Bonchev–Trinajstić information content (AvgIpc) is 2.96. The maximum absolute atomic E-state index is 6.27. The van der Waals surface area contributed by atoms with Gasteiger partial charge in [0.25, 0.3) is 0 Å². The molecule has 0 saturated heterocycles. The molecule has 4 nitrogen and oxygen atoms in total. The van der Waals surface area contributed by atoms with Crippen LogP contribution in [0.15, 0.2) is 48.7 Å². The van der Waals surface area contributed by atoms with Gasteiger partial charge >= 0.3 is 0 Å². The quantitative estimate of drug-likeness (QED) is 0.687. The van der Waals surface area contributed by atoms with E-state index < -0.39 is 0 Å². The predicted octanol–water partition coefficient (Wildman–Crippen LogP) is 2.87. The third-order valence-electron chi connectivity index (χ3n) is 3.42. The van der Waals surface area contributed by atoms with Crippen LogP contribution >= 0.6 is 11.5 Å². The Morgan fingerprint density at radius 1 is 1.14 bits per heavy atom. The fourth-order valence-electron chi connectivity index (χ4n) is 2.29. The third-order valence-corrected chi connectivity index (χ3v) is 4.26. The summed E-state index contributed by atoms with van der Waals surface area (Å²) >= 11 is 1.52. The van der Waals surface area contributed by atoms with E-state index in [-0.39, 0.29) is 6.04 Å². The molecule has 0 aliphatic carbocycles. The molecule has 3 N–H and O–H groups in total. The number of hydrogen-bond acceptors (Lipinski definition) is 5. The van der Waals surface area contributed by atoms with Gasteiger partial charge in [0.15, 0.2) is 0 Å². The maximum atomic E-state index is 6.27. The highest BCUT2D eigenvalue weighted by atomic mass is 32.1. The topological polar surface area (TPSA) is 63.8 Å². The van der Waals surface area contributed by atoms with Gasteiger partial charge in [-0.1, -0.05) is 24.3 Å². The Morgan fingerprint density at radius 2 is 2.00 bits per heavy atom. The molecular weight excluding hydrogens is 280 g/mol. The van der Waals surface area contributed by atoms with Crippen molar-refractivity contribution in [2.75, 3.05) is 6.54 Å². The van der Waals surface area contributed by atoms with E-state index in [9.17, 15) is 0 Å². The van der Waals surface area contributed by atoms with Gasteiger partial charge in [-0.25, -0.2) is 0 Å². The summed E-state index contributed by atoms with van der Waals surface area (Å²) < 4.78 is 5.71. The highest BCUT2D eigenvalue weighted by Crippen LogP contribution is 2.26. The highest BCUT2D eigenvalue weighted by Gasteiger charge is 2.13. The third kappa shape index (κ3) is 3.44. The fraction of sp³-hybridized carbons (Fsp3) is 0.250. The van der Waals surface area contributed by atoms with Crippen LogP contribution in [0.4, 0.5) is 0 Å². The molecule has 5 heteroatoms. The van der Waals surface area contributed by atoms with Gasteiger partial charge < -0.3 is 11.1 Å². The SMILES string of the molecule is NC(CCNCc1ccccn1)c1nsc2ccccc12. The van der Waals surface area contributed by atoms with Crippen LogP contribution in [0.5, 0.6) is 0 Å². The molecule has 0 fully saturated rings. The number of pyridine rings is 1. The van der Waals surface area contributed by atoms with Crippen LogP contribution < -0.4 is 11.1 Å². The molecule has 0 aliphatic heterocycles. The molecule has 0 amide bonds. The second-order valence-electron chi connectivity index (χ2n) is 4.96. The van der Waals surface area contributed by atoms with Gasteiger partial charge in [-0.3, -0.25) is 4.98 Å².